The number of thiazole rings is 1. The van der Waals surface area contributed by atoms with Gasteiger partial charge in [-0.3, -0.25) is 4.99 Å². The van der Waals surface area contributed by atoms with Crippen molar-refractivity contribution in [1.29, 1.82) is 0 Å². The second-order valence-electron chi connectivity index (χ2n) is 6.46. The van der Waals surface area contributed by atoms with Gasteiger partial charge in [0.1, 0.15) is 5.01 Å². The normalized spacial score (nSPS) is 12.2. The molecule has 0 amide bonds. The second kappa shape index (κ2) is 9.72. The van der Waals surface area contributed by atoms with Crippen LogP contribution in [0.25, 0.3) is 0 Å². The minimum absolute atomic E-state index is 0. The van der Waals surface area contributed by atoms with E-state index in [4.69, 9.17) is 0 Å². The van der Waals surface area contributed by atoms with Gasteiger partial charge in [-0.1, -0.05) is 33.8 Å². The van der Waals surface area contributed by atoms with Crippen molar-refractivity contribution < 1.29 is 0 Å². The van der Waals surface area contributed by atoms with Crippen LogP contribution in [0.15, 0.2) is 27.9 Å². The first-order chi connectivity index (χ1) is 10.9. The Balaban J connectivity index is 0.00000288. The van der Waals surface area contributed by atoms with Crippen molar-refractivity contribution in [3.8, 4) is 0 Å². The monoisotopic (exact) mass is 478 g/mol. The van der Waals surface area contributed by atoms with Crippen LogP contribution >= 0.6 is 46.7 Å². The lowest BCUT2D eigenvalue weighted by atomic mass is 9.91. The number of hydrogen-bond acceptors (Lipinski definition) is 4. The summed E-state index contributed by atoms with van der Waals surface area (Å²) in [5.74, 6) is 1.29. The predicted molar refractivity (Wildman–Crippen MR) is 117 cm³/mol. The molecule has 0 radical (unpaired) electrons. The zero-order valence-corrected chi connectivity index (χ0v) is 18.9. The summed E-state index contributed by atoms with van der Waals surface area (Å²) in [6.45, 7) is 10.4. The Kier molecular flexibility index (Phi) is 8.66. The zero-order valence-electron chi connectivity index (χ0n) is 14.9. The molecule has 4 nitrogen and oxygen atoms in total. The summed E-state index contributed by atoms with van der Waals surface area (Å²) < 4.78 is 0. The first kappa shape index (κ1) is 21.4. The fourth-order valence-electron chi connectivity index (χ4n) is 2.11. The van der Waals surface area contributed by atoms with E-state index in [0.29, 0.717) is 12.5 Å². The molecule has 0 aliphatic rings. The van der Waals surface area contributed by atoms with Gasteiger partial charge in [0.2, 0.25) is 0 Å². The molecule has 0 spiro atoms. The van der Waals surface area contributed by atoms with E-state index in [0.717, 1.165) is 23.2 Å². The summed E-state index contributed by atoms with van der Waals surface area (Å²) in [7, 11) is 1.80. The lowest BCUT2D eigenvalue weighted by Gasteiger charge is -2.24. The molecule has 24 heavy (non-hydrogen) atoms. The number of rotatable bonds is 6. The number of guanidine groups is 1. The smallest absolute Gasteiger partial charge is 0.191 e. The molecule has 2 rings (SSSR count). The van der Waals surface area contributed by atoms with Gasteiger partial charge in [-0.15, -0.1) is 46.7 Å². The highest BCUT2D eigenvalue weighted by atomic mass is 127. The lowest BCUT2D eigenvalue weighted by Crippen LogP contribution is -2.42. The topological polar surface area (TPSA) is 49.3 Å². The van der Waals surface area contributed by atoms with Gasteiger partial charge < -0.3 is 10.6 Å². The number of aliphatic imine (C=N–C) groups is 1. The molecule has 0 bridgehead atoms. The van der Waals surface area contributed by atoms with Crippen LogP contribution in [0.3, 0.4) is 0 Å². The van der Waals surface area contributed by atoms with E-state index in [1.54, 1.807) is 29.7 Å². The predicted octanol–water partition coefficient (Wildman–Crippen LogP) is 4.59. The fraction of sp³-hybridized carbons (Fsp3) is 0.529. The third-order valence-electron chi connectivity index (χ3n) is 3.68. The number of aromatic nitrogens is 1. The van der Waals surface area contributed by atoms with Crippen molar-refractivity contribution in [2.75, 3.05) is 13.6 Å². The number of nitrogens with one attached hydrogen (secondary N) is 2. The summed E-state index contributed by atoms with van der Waals surface area (Å²) in [5, 5.41) is 12.1. The molecule has 134 valence electrons. The molecule has 7 heteroatoms. The average molecular weight is 478 g/mol. The number of halogens is 1. The van der Waals surface area contributed by atoms with Gasteiger partial charge in [-0.05, 0) is 17.4 Å². The van der Waals surface area contributed by atoms with Crippen LogP contribution in [-0.2, 0) is 12.0 Å². The molecule has 2 heterocycles. The molecular formula is C17H27IN4S2. The largest absolute Gasteiger partial charge is 0.356 e. The number of nitrogens with zero attached hydrogens (tertiary/aromatic N) is 2. The minimum atomic E-state index is 0. The molecule has 0 saturated carbocycles. The van der Waals surface area contributed by atoms with Gasteiger partial charge in [0, 0.05) is 29.3 Å². The van der Waals surface area contributed by atoms with Gasteiger partial charge in [-0.25, -0.2) is 4.98 Å². The van der Waals surface area contributed by atoms with E-state index in [2.05, 4.69) is 71.2 Å². The Bertz CT molecular complexity index is 633. The van der Waals surface area contributed by atoms with Crippen LogP contribution in [-0.4, -0.2) is 24.5 Å². The standard InChI is InChI=1S/C17H26N4S2.HI/c1-12(2)13-10-23-15(21-13)9-19-16(18-5)20-11-17(3,4)14-7-6-8-22-14;/h6-8,10,12H,9,11H2,1-5H3,(H2,18,19,20);1H. The number of thiophene rings is 1. The van der Waals surface area contributed by atoms with Crippen molar-refractivity contribution >= 4 is 52.6 Å². The molecule has 2 aromatic heterocycles. The van der Waals surface area contributed by atoms with Crippen LogP contribution in [0.1, 0.15) is 49.2 Å². The van der Waals surface area contributed by atoms with Crippen molar-refractivity contribution in [1.82, 2.24) is 15.6 Å². The van der Waals surface area contributed by atoms with Crippen LogP contribution in [0.5, 0.6) is 0 Å². The van der Waals surface area contributed by atoms with E-state index in [9.17, 15) is 0 Å². The summed E-state index contributed by atoms with van der Waals surface area (Å²) in [6, 6.07) is 4.29. The average Bonchev–Trinajstić information content (AvgIpc) is 3.19. The van der Waals surface area contributed by atoms with Crippen molar-refractivity contribution in [2.24, 2.45) is 4.99 Å². The maximum atomic E-state index is 4.64. The van der Waals surface area contributed by atoms with Crippen LogP contribution in [0.4, 0.5) is 0 Å². The van der Waals surface area contributed by atoms with Gasteiger partial charge in [0.25, 0.3) is 0 Å². The minimum Gasteiger partial charge on any atom is -0.356 e. The summed E-state index contributed by atoms with van der Waals surface area (Å²) >= 11 is 3.49. The molecule has 0 aliphatic heterocycles. The lowest BCUT2D eigenvalue weighted by molar-refractivity contribution is 0.518. The molecule has 0 atom stereocenters. The Morgan fingerprint density at radius 3 is 2.58 bits per heavy atom. The molecule has 0 aromatic carbocycles. The summed E-state index contributed by atoms with van der Waals surface area (Å²) in [5.41, 5.74) is 1.24. The van der Waals surface area contributed by atoms with Gasteiger partial charge in [0.15, 0.2) is 5.96 Å². The van der Waals surface area contributed by atoms with Crippen LogP contribution in [0.2, 0.25) is 0 Å². The van der Waals surface area contributed by atoms with E-state index in [1.807, 2.05) is 0 Å². The highest BCUT2D eigenvalue weighted by molar-refractivity contribution is 14.0. The highest BCUT2D eigenvalue weighted by Gasteiger charge is 2.21. The van der Waals surface area contributed by atoms with E-state index >= 15 is 0 Å². The molecule has 2 N–H and O–H groups in total. The van der Waals surface area contributed by atoms with Crippen LogP contribution in [0, 0.1) is 0 Å². The van der Waals surface area contributed by atoms with Gasteiger partial charge in [0.05, 0.1) is 12.2 Å². The van der Waals surface area contributed by atoms with E-state index in [1.165, 1.54) is 4.88 Å². The Labute approximate surface area is 170 Å². The SMILES string of the molecule is CN=C(NCc1nc(C(C)C)cs1)NCC(C)(C)c1cccs1.I. The van der Waals surface area contributed by atoms with Crippen LogP contribution < -0.4 is 10.6 Å². The third-order valence-corrected chi connectivity index (χ3v) is 5.78. The maximum Gasteiger partial charge on any atom is 0.191 e. The first-order valence-electron chi connectivity index (χ1n) is 7.85. The molecule has 0 unspecified atom stereocenters. The Morgan fingerprint density at radius 2 is 2.04 bits per heavy atom. The summed E-state index contributed by atoms with van der Waals surface area (Å²) in [4.78, 5) is 10.3. The first-order valence-corrected chi connectivity index (χ1v) is 9.61. The van der Waals surface area contributed by atoms with Crippen molar-refractivity contribution in [3.63, 3.8) is 0 Å². The Hall–Kier alpha value is -0.670. The Morgan fingerprint density at radius 1 is 1.29 bits per heavy atom. The molecule has 0 fully saturated rings. The highest BCUT2D eigenvalue weighted by Crippen LogP contribution is 2.26. The van der Waals surface area contributed by atoms with Gasteiger partial charge >= 0.3 is 0 Å². The molecular weight excluding hydrogens is 451 g/mol. The third kappa shape index (κ3) is 6.00. The van der Waals surface area contributed by atoms with Crippen molar-refractivity contribution in [2.45, 2.75) is 45.6 Å². The maximum absolute atomic E-state index is 4.64. The van der Waals surface area contributed by atoms with E-state index in [-0.39, 0.29) is 29.4 Å². The summed E-state index contributed by atoms with van der Waals surface area (Å²) in [6.07, 6.45) is 0. The fourth-order valence-corrected chi connectivity index (χ4v) is 3.85. The second-order valence-corrected chi connectivity index (χ2v) is 8.35. The molecule has 0 saturated heterocycles. The van der Waals surface area contributed by atoms with Gasteiger partial charge in [-0.2, -0.15) is 0 Å². The van der Waals surface area contributed by atoms with Crippen molar-refractivity contribution in [3.05, 3.63) is 38.5 Å². The number of hydrogen-bond donors (Lipinski definition) is 2. The molecule has 0 aliphatic carbocycles. The molecule has 2 aromatic rings. The zero-order chi connectivity index (χ0) is 16.9. The van der Waals surface area contributed by atoms with E-state index < -0.39 is 0 Å². The quantitative estimate of drug-likeness (QED) is 0.363.